The Morgan fingerprint density at radius 3 is 2.86 bits per heavy atom. The van der Waals surface area contributed by atoms with Gasteiger partial charge in [-0.15, -0.1) is 0 Å². The maximum absolute atomic E-state index is 10.4. The van der Waals surface area contributed by atoms with Crippen molar-refractivity contribution in [2.24, 2.45) is 0 Å². The number of nitrogens with one attached hydrogen (secondary N) is 1. The molecule has 0 aliphatic heterocycles. The predicted molar refractivity (Wildman–Crippen MR) is 54.9 cm³/mol. The van der Waals surface area contributed by atoms with Crippen LogP contribution in [0, 0.1) is 10.1 Å². The molecule has 1 aromatic carbocycles. The summed E-state index contributed by atoms with van der Waals surface area (Å²) in [6, 6.07) is 4.36. The molecule has 14 heavy (non-hydrogen) atoms. The Labute approximate surface area is 106 Å². The van der Waals surface area contributed by atoms with E-state index in [4.69, 9.17) is 11.6 Å². The number of hydrogen-bond donors (Lipinski definition) is 1. The fourth-order valence-corrected chi connectivity index (χ4v) is 1.29. The van der Waals surface area contributed by atoms with Crippen molar-refractivity contribution in [1.82, 2.24) is 10.2 Å². The number of nitro benzene ring substituents is 1. The third-order valence-electron chi connectivity index (χ3n) is 1.71. The van der Waals surface area contributed by atoms with Gasteiger partial charge in [0.05, 0.1) is 10.4 Å². The molecular weight excluding hydrogens is 217 g/mol. The maximum atomic E-state index is 10.4. The van der Waals surface area contributed by atoms with Gasteiger partial charge in [0.2, 0.25) is 0 Å². The van der Waals surface area contributed by atoms with Gasteiger partial charge in [-0.25, -0.2) is 0 Å². The van der Waals surface area contributed by atoms with Crippen LogP contribution in [0.3, 0.4) is 0 Å². The summed E-state index contributed by atoms with van der Waals surface area (Å²) in [4.78, 5) is 9.93. The molecule has 0 saturated carbocycles. The van der Waals surface area contributed by atoms with Crippen LogP contribution in [0.4, 0.5) is 5.69 Å². The van der Waals surface area contributed by atoms with Crippen LogP contribution in [0.15, 0.2) is 18.2 Å². The van der Waals surface area contributed by atoms with Gasteiger partial charge in [0.1, 0.15) is 0 Å². The van der Waals surface area contributed by atoms with E-state index in [1.807, 2.05) is 0 Å². The normalized spacial score (nSPS) is 9.79. The molecule has 0 unspecified atom stereocenters. The second-order valence-corrected chi connectivity index (χ2v) is 2.86. The number of aromatic nitrogens is 2. The van der Waals surface area contributed by atoms with Gasteiger partial charge >= 0.3 is 29.6 Å². The monoisotopic (exact) mass is 221 g/mol. The van der Waals surface area contributed by atoms with E-state index in [1.165, 1.54) is 12.1 Å². The molecule has 0 atom stereocenters. The number of rotatable bonds is 1. The molecule has 0 fully saturated rings. The van der Waals surface area contributed by atoms with Crippen molar-refractivity contribution in [2.75, 3.05) is 0 Å². The van der Waals surface area contributed by atoms with Crippen molar-refractivity contribution in [3.63, 3.8) is 0 Å². The van der Waals surface area contributed by atoms with Gasteiger partial charge in [0, 0.05) is 17.5 Å². The summed E-state index contributed by atoms with van der Waals surface area (Å²) in [6.07, 6.45) is 0. The fourth-order valence-electron chi connectivity index (χ4n) is 1.09. The number of fused-ring (bicyclic) bond motifs is 1. The molecule has 68 valence electrons. The summed E-state index contributed by atoms with van der Waals surface area (Å²) in [5.74, 6) is 0. The molecule has 0 saturated heterocycles. The number of non-ortho nitro benzene ring substituents is 1. The predicted octanol–water partition coefficient (Wildman–Crippen LogP) is 1.48. The van der Waals surface area contributed by atoms with Gasteiger partial charge in [-0.2, -0.15) is 5.10 Å². The Balaban J connectivity index is 0.000000980. The fraction of sp³-hybridized carbons (Fsp3) is 0. The zero-order valence-electron chi connectivity index (χ0n) is 6.32. The first-order chi connectivity index (χ1) is 6.18. The van der Waals surface area contributed by atoms with Crippen molar-refractivity contribution in [1.29, 1.82) is 0 Å². The second-order valence-electron chi connectivity index (χ2n) is 2.50. The van der Waals surface area contributed by atoms with E-state index in [-0.39, 0.29) is 35.2 Å². The first-order valence-electron chi connectivity index (χ1n) is 3.46. The minimum atomic E-state index is -0.464. The zero-order valence-corrected chi connectivity index (χ0v) is 7.08. The quantitative estimate of drug-likeness (QED) is 0.450. The van der Waals surface area contributed by atoms with Crippen LogP contribution in [-0.2, 0) is 0 Å². The SMILES string of the molecule is O=[N+]([O-])c1ccc2c(Cl)n[nH]c2c1.[NaH]. The van der Waals surface area contributed by atoms with Gasteiger partial charge < -0.3 is 0 Å². The summed E-state index contributed by atoms with van der Waals surface area (Å²) in [5.41, 5.74) is 0.590. The number of hydrogen-bond acceptors (Lipinski definition) is 3. The standard InChI is InChI=1S/C7H4ClN3O2.Na.H/c8-7-5-2-1-4(11(12)13)3-6(5)9-10-7;;/h1-3H,(H,9,10);;. The van der Waals surface area contributed by atoms with Gasteiger partial charge in [-0.1, -0.05) is 11.6 Å². The number of benzene rings is 1. The van der Waals surface area contributed by atoms with Crippen LogP contribution in [0.5, 0.6) is 0 Å². The van der Waals surface area contributed by atoms with Crippen LogP contribution in [0.1, 0.15) is 0 Å². The Morgan fingerprint density at radius 1 is 1.50 bits per heavy atom. The van der Waals surface area contributed by atoms with Crippen molar-refractivity contribution in [3.8, 4) is 0 Å². The first kappa shape index (κ1) is 11.5. The van der Waals surface area contributed by atoms with E-state index in [0.29, 0.717) is 16.1 Å². The molecule has 0 aliphatic carbocycles. The molecule has 0 radical (unpaired) electrons. The third kappa shape index (κ3) is 1.90. The summed E-state index contributed by atoms with van der Waals surface area (Å²) in [7, 11) is 0. The average Bonchev–Trinajstić information content (AvgIpc) is 2.47. The van der Waals surface area contributed by atoms with Crippen molar-refractivity contribution < 1.29 is 4.92 Å². The topological polar surface area (TPSA) is 71.8 Å². The third-order valence-corrected chi connectivity index (χ3v) is 2.00. The van der Waals surface area contributed by atoms with E-state index in [2.05, 4.69) is 10.2 Å². The molecule has 2 aromatic rings. The minimum absolute atomic E-state index is 0. The number of nitrogens with zero attached hydrogens (tertiary/aromatic N) is 2. The van der Waals surface area contributed by atoms with E-state index < -0.39 is 4.92 Å². The molecule has 0 amide bonds. The molecule has 2 rings (SSSR count). The summed E-state index contributed by atoms with van der Waals surface area (Å²) >= 11 is 5.69. The van der Waals surface area contributed by atoms with Crippen molar-refractivity contribution >= 4 is 57.7 Å². The van der Waals surface area contributed by atoms with E-state index in [9.17, 15) is 10.1 Å². The van der Waals surface area contributed by atoms with Crippen LogP contribution in [0.25, 0.3) is 10.9 Å². The molecule has 5 nitrogen and oxygen atoms in total. The molecule has 1 aromatic heterocycles. The molecule has 1 N–H and O–H groups in total. The molecular formula is C7H5ClN3NaO2. The summed E-state index contributed by atoms with van der Waals surface area (Å²) in [5, 5.41) is 17.7. The summed E-state index contributed by atoms with van der Waals surface area (Å²) in [6.45, 7) is 0. The number of nitro groups is 1. The Kier molecular flexibility index (Phi) is 3.49. The number of H-pyrrole nitrogens is 1. The summed E-state index contributed by atoms with van der Waals surface area (Å²) < 4.78 is 0. The van der Waals surface area contributed by atoms with E-state index >= 15 is 0 Å². The number of aromatic amines is 1. The van der Waals surface area contributed by atoms with Crippen molar-refractivity contribution in [2.45, 2.75) is 0 Å². The van der Waals surface area contributed by atoms with Crippen LogP contribution >= 0.6 is 11.6 Å². The van der Waals surface area contributed by atoms with E-state index in [0.717, 1.165) is 0 Å². The van der Waals surface area contributed by atoms with Gasteiger partial charge in [-0.05, 0) is 6.07 Å². The Morgan fingerprint density at radius 2 is 2.21 bits per heavy atom. The number of halogens is 1. The molecule has 7 heteroatoms. The van der Waals surface area contributed by atoms with Crippen molar-refractivity contribution in [3.05, 3.63) is 33.5 Å². The molecule has 0 bridgehead atoms. The second kappa shape index (κ2) is 4.27. The van der Waals surface area contributed by atoms with Gasteiger partial charge in [-0.3, -0.25) is 15.2 Å². The molecule has 0 aliphatic rings. The Hall–Kier alpha value is -0.620. The van der Waals surface area contributed by atoms with Crippen LogP contribution < -0.4 is 0 Å². The van der Waals surface area contributed by atoms with Gasteiger partial charge in [0.15, 0.2) is 5.15 Å². The van der Waals surface area contributed by atoms with E-state index in [1.54, 1.807) is 6.07 Å². The first-order valence-corrected chi connectivity index (χ1v) is 3.84. The zero-order chi connectivity index (χ0) is 9.42. The molecule has 1 heterocycles. The average molecular weight is 222 g/mol. The van der Waals surface area contributed by atoms with Crippen LogP contribution in [-0.4, -0.2) is 44.7 Å². The van der Waals surface area contributed by atoms with Gasteiger partial charge in [0.25, 0.3) is 5.69 Å². The molecule has 0 spiro atoms. The van der Waals surface area contributed by atoms with Crippen LogP contribution in [0.2, 0.25) is 5.15 Å². The Bertz CT molecular complexity index is 485.